The zero-order valence-corrected chi connectivity index (χ0v) is 12.7. The number of hydrogen-bond donors (Lipinski definition) is 0. The van der Waals surface area contributed by atoms with Crippen LogP contribution in [0.5, 0.6) is 0 Å². The minimum Gasteiger partial charge on any atom is -0.339 e. The number of likely N-dealkylation sites (tertiary alicyclic amines) is 1. The SMILES string of the molecule is CCCCN1C(=O)CCC2(C)c3ccccc3CCC12. The van der Waals surface area contributed by atoms with Gasteiger partial charge in [0.1, 0.15) is 0 Å². The van der Waals surface area contributed by atoms with E-state index in [1.807, 2.05) is 0 Å². The summed E-state index contributed by atoms with van der Waals surface area (Å²) < 4.78 is 0. The molecular weight excluding hydrogens is 246 g/mol. The van der Waals surface area contributed by atoms with Crippen molar-refractivity contribution in [3.63, 3.8) is 0 Å². The Labute approximate surface area is 122 Å². The minimum atomic E-state index is 0.163. The summed E-state index contributed by atoms with van der Waals surface area (Å²) in [6.45, 7) is 5.52. The third-order valence-electron chi connectivity index (χ3n) is 5.36. The molecule has 0 spiro atoms. The van der Waals surface area contributed by atoms with Crippen LogP contribution in [0.3, 0.4) is 0 Å². The van der Waals surface area contributed by atoms with Crippen LogP contribution in [-0.4, -0.2) is 23.4 Å². The predicted octanol–water partition coefficient (Wildman–Crippen LogP) is 3.68. The number of nitrogens with zero attached hydrogens (tertiary/aromatic N) is 1. The van der Waals surface area contributed by atoms with E-state index in [2.05, 4.69) is 43.0 Å². The van der Waals surface area contributed by atoms with Crippen molar-refractivity contribution in [3.8, 4) is 0 Å². The molecule has 2 aliphatic rings. The van der Waals surface area contributed by atoms with E-state index in [0.717, 1.165) is 38.6 Å². The average molecular weight is 271 g/mol. The summed E-state index contributed by atoms with van der Waals surface area (Å²) >= 11 is 0. The number of hydrogen-bond acceptors (Lipinski definition) is 1. The van der Waals surface area contributed by atoms with E-state index in [9.17, 15) is 4.79 Å². The molecule has 1 aromatic rings. The molecular formula is C18H25NO. The summed E-state index contributed by atoms with van der Waals surface area (Å²) in [5.74, 6) is 0.375. The lowest BCUT2D eigenvalue weighted by Gasteiger charge is -2.51. The third-order valence-corrected chi connectivity index (χ3v) is 5.36. The molecule has 1 amide bonds. The Morgan fingerprint density at radius 1 is 1.30 bits per heavy atom. The molecule has 2 atom stereocenters. The number of aryl methyl sites for hydroxylation is 1. The van der Waals surface area contributed by atoms with Gasteiger partial charge in [-0.3, -0.25) is 4.79 Å². The Morgan fingerprint density at radius 2 is 2.10 bits per heavy atom. The van der Waals surface area contributed by atoms with Crippen LogP contribution in [-0.2, 0) is 16.6 Å². The molecule has 1 fully saturated rings. The number of carbonyl (C=O) groups excluding carboxylic acids is 1. The first-order valence-electron chi connectivity index (χ1n) is 8.04. The number of fused-ring (bicyclic) bond motifs is 3. The van der Waals surface area contributed by atoms with Gasteiger partial charge in [0.05, 0.1) is 0 Å². The smallest absolute Gasteiger partial charge is 0.222 e. The van der Waals surface area contributed by atoms with E-state index in [0.29, 0.717) is 18.4 Å². The number of benzene rings is 1. The highest BCUT2D eigenvalue weighted by molar-refractivity contribution is 5.78. The highest BCUT2D eigenvalue weighted by Gasteiger charge is 2.47. The predicted molar refractivity (Wildman–Crippen MR) is 81.8 cm³/mol. The van der Waals surface area contributed by atoms with Crippen LogP contribution in [0.4, 0.5) is 0 Å². The fraction of sp³-hybridized carbons (Fsp3) is 0.611. The zero-order valence-electron chi connectivity index (χ0n) is 12.7. The van der Waals surface area contributed by atoms with Crippen LogP contribution in [0, 0.1) is 0 Å². The van der Waals surface area contributed by atoms with E-state index in [-0.39, 0.29) is 5.41 Å². The van der Waals surface area contributed by atoms with E-state index >= 15 is 0 Å². The van der Waals surface area contributed by atoms with Crippen molar-refractivity contribution in [1.82, 2.24) is 4.90 Å². The Hall–Kier alpha value is -1.31. The van der Waals surface area contributed by atoms with Crippen molar-refractivity contribution < 1.29 is 4.79 Å². The van der Waals surface area contributed by atoms with Gasteiger partial charge in [0.25, 0.3) is 0 Å². The average Bonchev–Trinajstić information content (AvgIpc) is 2.47. The molecule has 2 unspecified atom stereocenters. The molecule has 0 N–H and O–H groups in total. The van der Waals surface area contributed by atoms with Gasteiger partial charge in [0.2, 0.25) is 5.91 Å². The number of piperidine rings is 1. The van der Waals surface area contributed by atoms with Gasteiger partial charge in [-0.2, -0.15) is 0 Å². The Balaban J connectivity index is 1.95. The quantitative estimate of drug-likeness (QED) is 0.821. The summed E-state index contributed by atoms with van der Waals surface area (Å²) in [7, 11) is 0. The molecule has 0 aromatic heterocycles. The van der Waals surface area contributed by atoms with Crippen LogP contribution in [0.25, 0.3) is 0 Å². The molecule has 1 heterocycles. The summed E-state index contributed by atoms with van der Waals surface area (Å²) in [6, 6.07) is 9.26. The normalized spacial score (nSPS) is 29.0. The monoisotopic (exact) mass is 271 g/mol. The Morgan fingerprint density at radius 3 is 2.90 bits per heavy atom. The van der Waals surface area contributed by atoms with E-state index in [1.165, 1.54) is 11.1 Å². The van der Waals surface area contributed by atoms with E-state index < -0.39 is 0 Å². The van der Waals surface area contributed by atoms with Gasteiger partial charge >= 0.3 is 0 Å². The van der Waals surface area contributed by atoms with Crippen LogP contribution >= 0.6 is 0 Å². The van der Waals surface area contributed by atoms with Crippen molar-refractivity contribution in [2.24, 2.45) is 0 Å². The summed E-state index contributed by atoms with van der Waals surface area (Å²) in [4.78, 5) is 14.5. The molecule has 1 saturated heterocycles. The minimum absolute atomic E-state index is 0.163. The molecule has 2 nitrogen and oxygen atoms in total. The fourth-order valence-corrected chi connectivity index (χ4v) is 4.18. The molecule has 0 radical (unpaired) electrons. The van der Waals surface area contributed by atoms with Crippen molar-refractivity contribution in [3.05, 3.63) is 35.4 Å². The highest BCUT2D eigenvalue weighted by Crippen LogP contribution is 2.45. The van der Waals surface area contributed by atoms with Gasteiger partial charge in [0.15, 0.2) is 0 Å². The van der Waals surface area contributed by atoms with Gasteiger partial charge < -0.3 is 4.90 Å². The first-order chi connectivity index (χ1) is 9.66. The van der Waals surface area contributed by atoms with Crippen LogP contribution in [0.15, 0.2) is 24.3 Å². The Kier molecular flexibility index (Phi) is 3.57. The molecule has 1 aromatic carbocycles. The highest BCUT2D eigenvalue weighted by atomic mass is 16.2. The molecule has 108 valence electrons. The Bertz CT molecular complexity index is 510. The van der Waals surface area contributed by atoms with Gasteiger partial charge in [-0.1, -0.05) is 44.5 Å². The van der Waals surface area contributed by atoms with Gasteiger partial charge in [-0.15, -0.1) is 0 Å². The van der Waals surface area contributed by atoms with Gasteiger partial charge in [0, 0.05) is 24.4 Å². The van der Waals surface area contributed by atoms with Crippen LogP contribution in [0.2, 0.25) is 0 Å². The number of amides is 1. The number of carbonyl (C=O) groups is 1. The summed E-state index contributed by atoms with van der Waals surface area (Å²) in [5.41, 5.74) is 3.15. The number of rotatable bonds is 3. The third kappa shape index (κ3) is 2.06. The lowest BCUT2D eigenvalue weighted by molar-refractivity contribution is -0.140. The van der Waals surface area contributed by atoms with Gasteiger partial charge in [-0.05, 0) is 36.8 Å². The second kappa shape index (κ2) is 5.23. The lowest BCUT2D eigenvalue weighted by Crippen LogP contribution is -2.57. The van der Waals surface area contributed by atoms with Crippen LogP contribution in [0.1, 0.15) is 57.1 Å². The second-order valence-electron chi connectivity index (χ2n) is 6.57. The van der Waals surface area contributed by atoms with Crippen LogP contribution < -0.4 is 0 Å². The first-order valence-corrected chi connectivity index (χ1v) is 8.04. The topological polar surface area (TPSA) is 20.3 Å². The van der Waals surface area contributed by atoms with Crippen molar-refractivity contribution >= 4 is 5.91 Å². The summed E-state index contributed by atoms with van der Waals surface area (Å²) in [5, 5.41) is 0. The number of unbranched alkanes of at least 4 members (excludes halogenated alkanes) is 1. The molecule has 1 aliphatic carbocycles. The van der Waals surface area contributed by atoms with Gasteiger partial charge in [-0.25, -0.2) is 0 Å². The molecule has 0 bridgehead atoms. The summed E-state index contributed by atoms with van der Waals surface area (Å²) in [6.07, 6.45) is 6.25. The van der Waals surface area contributed by atoms with E-state index in [4.69, 9.17) is 0 Å². The van der Waals surface area contributed by atoms with E-state index in [1.54, 1.807) is 0 Å². The fourth-order valence-electron chi connectivity index (χ4n) is 4.18. The van der Waals surface area contributed by atoms with Crippen molar-refractivity contribution in [2.45, 2.75) is 63.8 Å². The maximum atomic E-state index is 12.3. The zero-order chi connectivity index (χ0) is 14.2. The standard InChI is InChI=1S/C18H25NO/c1-3-4-13-19-16-10-9-14-7-5-6-8-15(14)18(16,2)12-11-17(19)20/h5-8,16H,3-4,9-13H2,1-2H3. The molecule has 1 aliphatic heterocycles. The molecule has 3 rings (SSSR count). The maximum absolute atomic E-state index is 12.3. The second-order valence-corrected chi connectivity index (χ2v) is 6.57. The molecule has 0 saturated carbocycles. The van der Waals surface area contributed by atoms with Crippen molar-refractivity contribution in [2.75, 3.05) is 6.54 Å². The largest absolute Gasteiger partial charge is 0.339 e. The lowest BCUT2D eigenvalue weighted by atomic mass is 9.63. The first kappa shape index (κ1) is 13.7. The molecule has 2 heteroatoms. The van der Waals surface area contributed by atoms with Crippen molar-refractivity contribution in [1.29, 1.82) is 0 Å². The maximum Gasteiger partial charge on any atom is 0.222 e. The molecule has 20 heavy (non-hydrogen) atoms.